The predicted molar refractivity (Wildman–Crippen MR) is 97.9 cm³/mol. The van der Waals surface area contributed by atoms with Crippen LogP contribution in [0.3, 0.4) is 0 Å². The number of aryl methyl sites for hydroxylation is 1. The second-order valence-corrected chi connectivity index (χ2v) is 5.88. The second kappa shape index (κ2) is 9.53. The molecular formula is C18H19ClN4O3. The first kappa shape index (κ1) is 19.4. The Kier molecular flexibility index (Phi) is 7.11. The minimum atomic E-state index is -0.333. The molecule has 1 aromatic heterocycles. The van der Waals surface area contributed by atoms with Gasteiger partial charge in [0.2, 0.25) is 0 Å². The van der Waals surface area contributed by atoms with Gasteiger partial charge in [-0.25, -0.2) is 4.98 Å². The zero-order valence-corrected chi connectivity index (χ0v) is 15.0. The quantitative estimate of drug-likeness (QED) is 0.739. The summed E-state index contributed by atoms with van der Waals surface area (Å²) in [5.41, 5.74) is 1.45. The Hall–Kier alpha value is -2.93. The molecule has 0 aliphatic heterocycles. The van der Waals surface area contributed by atoms with Gasteiger partial charge < -0.3 is 15.4 Å². The minimum absolute atomic E-state index is 0.147. The van der Waals surface area contributed by atoms with Crippen molar-refractivity contribution in [2.75, 3.05) is 13.2 Å². The molecule has 0 spiro atoms. The number of hydrogen-bond acceptors (Lipinski definition) is 5. The molecule has 0 aliphatic carbocycles. The maximum absolute atomic E-state index is 11.9. The van der Waals surface area contributed by atoms with Gasteiger partial charge in [-0.3, -0.25) is 14.6 Å². The summed E-state index contributed by atoms with van der Waals surface area (Å²) in [7, 11) is 0. The van der Waals surface area contributed by atoms with Crippen molar-refractivity contribution in [3.63, 3.8) is 0 Å². The lowest BCUT2D eigenvalue weighted by atomic mass is 10.3. The number of halogens is 1. The number of amides is 2. The van der Waals surface area contributed by atoms with Gasteiger partial charge in [-0.1, -0.05) is 18.2 Å². The maximum Gasteiger partial charge on any atom is 0.271 e. The standard InChI is InChI=1S/C18H19ClN4O3/c1-12(7-8-20-18(25)16-10-21-13(2)9-22-16)23-17(24)11-26-15-5-3-14(19)4-6-15/h3-6,9-10H,1,7-8,11H2,2H3,(H,20,25)(H,23,24). The molecular weight excluding hydrogens is 356 g/mol. The van der Waals surface area contributed by atoms with Crippen LogP contribution in [0.4, 0.5) is 0 Å². The highest BCUT2D eigenvalue weighted by molar-refractivity contribution is 6.30. The van der Waals surface area contributed by atoms with Crippen LogP contribution < -0.4 is 15.4 Å². The number of carbonyl (C=O) groups excluding carboxylic acids is 2. The number of aromatic nitrogens is 2. The van der Waals surface area contributed by atoms with Gasteiger partial charge in [0.25, 0.3) is 11.8 Å². The second-order valence-electron chi connectivity index (χ2n) is 5.44. The molecule has 8 heteroatoms. The zero-order valence-electron chi connectivity index (χ0n) is 14.3. The van der Waals surface area contributed by atoms with Crippen molar-refractivity contribution in [2.45, 2.75) is 13.3 Å². The fourth-order valence-electron chi connectivity index (χ4n) is 1.90. The minimum Gasteiger partial charge on any atom is -0.484 e. The molecule has 2 aromatic rings. The lowest BCUT2D eigenvalue weighted by Gasteiger charge is -2.10. The lowest BCUT2D eigenvalue weighted by molar-refractivity contribution is -0.122. The summed E-state index contributed by atoms with van der Waals surface area (Å²) in [4.78, 5) is 31.7. The van der Waals surface area contributed by atoms with E-state index < -0.39 is 0 Å². The summed E-state index contributed by atoms with van der Waals surface area (Å²) in [5.74, 6) is -0.120. The Morgan fingerprint density at radius 2 is 1.92 bits per heavy atom. The van der Waals surface area contributed by atoms with Crippen molar-refractivity contribution in [2.24, 2.45) is 0 Å². The summed E-state index contributed by atoms with van der Waals surface area (Å²) in [6.07, 6.45) is 3.32. The van der Waals surface area contributed by atoms with E-state index in [0.717, 1.165) is 5.69 Å². The van der Waals surface area contributed by atoms with Crippen molar-refractivity contribution in [3.8, 4) is 5.75 Å². The topological polar surface area (TPSA) is 93.2 Å². The van der Waals surface area contributed by atoms with Crippen LogP contribution in [0.25, 0.3) is 0 Å². The van der Waals surface area contributed by atoms with E-state index in [-0.39, 0.29) is 24.1 Å². The number of benzene rings is 1. The molecule has 0 atom stereocenters. The van der Waals surface area contributed by atoms with E-state index in [2.05, 4.69) is 27.2 Å². The molecule has 0 aliphatic rings. The smallest absolute Gasteiger partial charge is 0.271 e. The van der Waals surface area contributed by atoms with Gasteiger partial charge >= 0.3 is 0 Å². The van der Waals surface area contributed by atoms with Gasteiger partial charge in [-0.15, -0.1) is 0 Å². The van der Waals surface area contributed by atoms with Gasteiger partial charge in [0.15, 0.2) is 6.61 Å². The number of hydrogen-bond donors (Lipinski definition) is 2. The van der Waals surface area contributed by atoms with Crippen LogP contribution in [0, 0.1) is 6.92 Å². The van der Waals surface area contributed by atoms with E-state index in [4.69, 9.17) is 16.3 Å². The van der Waals surface area contributed by atoms with Crippen LogP contribution in [-0.4, -0.2) is 34.9 Å². The molecule has 0 saturated carbocycles. The summed E-state index contributed by atoms with van der Waals surface area (Å²) in [5, 5.41) is 5.90. The first-order chi connectivity index (χ1) is 12.4. The zero-order chi connectivity index (χ0) is 18.9. The highest BCUT2D eigenvalue weighted by atomic mass is 35.5. The molecule has 1 aromatic carbocycles. The summed E-state index contributed by atoms with van der Waals surface area (Å²) < 4.78 is 5.34. The normalized spacial score (nSPS) is 10.1. The van der Waals surface area contributed by atoms with Crippen molar-refractivity contribution in [1.29, 1.82) is 0 Å². The lowest BCUT2D eigenvalue weighted by Crippen LogP contribution is -2.31. The average Bonchev–Trinajstić information content (AvgIpc) is 2.61. The van der Waals surface area contributed by atoms with E-state index in [1.165, 1.54) is 12.4 Å². The Morgan fingerprint density at radius 3 is 2.58 bits per heavy atom. The molecule has 136 valence electrons. The first-order valence-corrected chi connectivity index (χ1v) is 8.24. The van der Waals surface area contributed by atoms with Crippen LogP contribution >= 0.6 is 11.6 Å². The molecule has 0 unspecified atom stereocenters. The molecule has 26 heavy (non-hydrogen) atoms. The van der Waals surface area contributed by atoms with Gasteiger partial charge in [0.05, 0.1) is 11.9 Å². The third-order valence-electron chi connectivity index (χ3n) is 3.23. The summed E-state index contributed by atoms with van der Waals surface area (Å²) in [6.45, 7) is 5.71. The third-order valence-corrected chi connectivity index (χ3v) is 3.48. The van der Waals surface area contributed by atoms with E-state index >= 15 is 0 Å². The van der Waals surface area contributed by atoms with Gasteiger partial charge in [0, 0.05) is 29.9 Å². The summed E-state index contributed by atoms with van der Waals surface area (Å²) >= 11 is 5.78. The van der Waals surface area contributed by atoms with Crippen LogP contribution in [0.15, 0.2) is 48.9 Å². The number of nitrogens with zero attached hydrogens (tertiary/aromatic N) is 2. The SMILES string of the molecule is C=C(CCNC(=O)c1cnc(C)cn1)NC(=O)COc1ccc(Cl)cc1. The molecule has 2 rings (SSSR count). The molecule has 0 saturated heterocycles. The molecule has 2 N–H and O–H groups in total. The van der Waals surface area contributed by atoms with E-state index in [0.29, 0.717) is 29.4 Å². The van der Waals surface area contributed by atoms with E-state index in [9.17, 15) is 9.59 Å². The Labute approximate surface area is 156 Å². The Bertz CT molecular complexity index is 776. The average molecular weight is 375 g/mol. The van der Waals surface area contributed by atoms with Crippen LogP contribution in [-0.2, 0) is 4.79 Å². The molecule has 0 fully saturated rings. The van der Waals surface area contributed by atoms with Crippen molar-refractivity contribution >= 4 is 23.4 Å². The first-order valence-electron chi connectivity index (χ1n) is 7.87. The van der Waals surface area contributed by atoms with Crippen LogP contribution in [0.2, 0.25) is 5.02 Å². The number of carbonyl (C=O) groups is 2. The highest BCUT2D eigenvalue weighted by Crippen LogP contribution is 2.15. The molecule has 1 heterocycles. The fraction of sp³-hybridized carbons (Fsp3) is 0.222. The van der Waals surface area contributed by atoms with Gasteiger partial charge in [-0.2, -0.15) is 0 Å². The largest absolute Gasteiger partial charge is 0.484 e. The molecule has 2 amide bonds. The van der Waals surface area contributed by atoms with Crippen molar-refractivity contribution < 1.29 is 14.3 Å². The number of rotatable bonds is 8. The number of ether oxygens (including phenoxy) is 1. The van der Waals surface area contributed by atoms with Gasteiger partial charge in [0.1, 0.15) is 11.4 Å². The van der Waals surface area contributed by atoms with E-state index in [1.807, 2.05) is 0 Å². The maximum atomic E-state index is 11.9. The summed E-state index contributed by atoms with van der Waals surface area (Å²) in [6, 6.07) is 6.70. The molecule has 7 nitrogen and oxygen atoms in total. The molecule has 0 bridgehead atoms. The highest BCUT2D eigenvalue weighted by Gasteiger charge is 2.08. The van der Waals surface area contributed by atoms with Gasteiger partial charge in [-0.05, 0) is 31.2 Å². The van der Waals surface area contributed by atoms with E-state index in [1.54, 1.807) is 31.2 Å². The van der Waals surface area contributed by atoms with Crippen molar-refractivity contribution in [3.05, 3.63) is 65.3 Å². The Balaban J connectivity index is 1.66. The monoisotopic (exact) mass is 374 g/mol. The Morgan fingerprint density at radius 1 is 1.19 bits per heavy atom. The third kappa shape index (κ3) is 6.52. The van der Waals surface area contributed by atoms with Crippen molar-refractivity contribution in [1.82, 2.24) is 20.6 Å². The van der Waals surface area contributed by atoms with Crippen LogP contribution in [0.1, 0.15) is 22.6 Å². The predicted octanol–water partition coefficient (Wildman–Crippen LogP) is 2.27. The number of nitrogens with one attached hydrogen (secondary N) is 2. The molecule has 0 radical (unpaired) electrons. The fourth-order valence-corrected chi connectivity index (χ4v) is 2.03. The van der Waals surface area contributed by atoms with Crippen LogP contribution in [0.5, 0.6) is 5.75 Å².